The first-order valence-corrected chi connectivity index (χ1v) is 8.70. The number of nitrogens with zero attached hydrogens (tertiary/aromatic N) is 2. The largest absolute Gasteiger partial charge is 0.477 e. The van der Waals surface area contributed by atoms with Crippen LogP contribution in [0.3, 0.4) is 0 Å². The Hall–Kier alpha value is -2.85. The second-order valence-electron chi connectivity index (χ2n) is 5.71. The summed E-state index contributed by atoms with van der Waals surface area (Å²) in [4.78, 5) is 37.3. The molecule has 3 atom stereocenters. The van der Waals surface area contributed by atoms with Crippen LogP contribution in [0.4, 0.5) is 0 Å². The first-order chi connectivity index (χ1) is 12.5. The molecule has 3 rings (SSSR count). The minimum Gasteiger partial charge on any atom is -0.477 e. The molecular formula is C16H16N4O5S. The molecule has 9 nitrogen and oxygen atoms in total. The van der Waals surface area contributed by atoms with Crippen molar-refractivity contribution >= 4 is 35.8 Å². The Morgan fingerprint density at radius 2 is 2.08 bits per heavy atom. The van der Waals surface area contributed by atoms with Crippen LogP contribution in [0.1, 0.15) is 11.6 Å². The second-order valence-corrected chi connectivity index (χ2v) is 6.81. The van der Waals surface area contributed by atoms with Crippen LogP contribution in [-0.2, 0) is 14.4 Å². The highest BCUT2D eigenvalue weighted by Gasteiger charge is 2.54. The van der Waals surface area contributed by atoms with E-state index in [1.54, 1.807) is 30.3 Å². The maximum absolute atomic E-state index is 12.4. The van der Waals surface area contributed by atoms with Crippen molar-refractivity contribution < 1.29 is 24.7 Å². The Balaban J connectivity index is 1.75. The van der Waals surface area contributed by atoms with Crippen LogP contribution in [0.15, 0.2) is 46.8 Å². The molecule has 0 saturated carbocycles. The Bertz CT molecular complexity index is 810. The molecule has 1 aromatic carbocycles. The van der Waals surface area contributed by atoms with E-state index in [1.165, 1.54) is 11.8 Å². The van der Waals surface area contributed by atoms with E-state index in [1.807, 2.05) is 0 Å². The van der Waals surface area contributed by atoms with Crippen molar-refractivity contribution in [3.63, 3.8) is 0 Å². The van der Waals surface area contributed by atoms with Gasteiger partial charge in [-0.15, -0.1) is 11.8 Å². The van der Waals surface area contributed by atoms with E-state index in [0.29, 0.717) is 5.56 Å². The molecule has 1 fully saturated rings. The quantitative estimate of drug-likeness (QED) is 0.243. The number of fused-ring (bicyclic) bond motifs is 1. The number of thioether (sulfide) groups is 1. The van der Waals surface area contributed by atoms with Crippen molar-refractivity contribution in [2.24, 2.45) is 10.9 Å². The number of carbonyl (C=O) groups is 3. The molecule has 2 amide bonds. The molecule has 1 saturated heterocycles. The molecule has 2 aliphatic heterocycles. The lowest BCUT2D eigenvalue weighted by Gasteiger charge is -2.49. The van der Waals surface area contributed by atoms with Crippen LogP contribution in [0, 0.1) is 0 Å². The lowest BCUT2D eigenvalue weighted by Crippen LogP contribution is -2.71. The van der Waals surface area contributed by atoms with Crippen molar-refractivity contribution in [1.82, 2.24) is 10.2 Å². The summed E-state index contributed by atoms with van der Waals surface area (Å²) in [6, 6.07) is 6.93. The van der Waals surface area contributed by atoms with Gasteiger partial charge in [-0.2, -0.15) is 0 Å². The van der Waals surface area contributed by atoms with Gasteiger partial charge in [0.1, 0.15) is 23.2 Å². The topological polar surface area (TPSA) is 145 Å². The average Bonchev–Trinajstić information content (AvgIpc) is 2.65. The van der Waals surface area contributed by atoms with Crippen molar-refractivity contribution in [2.45, 2.75) is 17.5 Å². The molecule has 2 aliphatic rings. The lowest BCUT2D eigenvalue weighted by molar-refractivity contribution is -0.150. The van der Waals surface area contributed by atoms with E-state index in [2.05, 4.69) is 10.5 Å². The summed E-state index contributed by atoms with van der Waals surface area (Å²) in [5.41, 5.74) is 6.51. The van der Waals surface area contributed by atoms with E-state index in [-0.39, 0.29) is 17.0 Å². The van der Waals surface area contributed by atoms with Crippen molar-refractivity contribution in [1.29, 1.82) is 0 Å². The van der Waals surface area contributed by atoms with Crippen LogP contribution in [-0.4, -0.2) is 56.4 Å². The van der Waals surface area contributed by atoms with Crippen LogP contribution < -0.4 is 11.1 Å². The number of benzene rings is 1. The molecule has 0 aromatic heterocycles. The zero-order valence-electron chi connectivity index (χ0n) is 13.4. The Morgan fingerprint density at radius 3 is 2.69 bits per heavy atom. The van der Waals surface area contributed by atoms with E-state index in [9.17, 15) is 19.5 Å². The van der Waals surface area contributed by atoms with Crippen molar-refractivity contribution in [3.05, 3.63) is 47.2 Å². The Labute approximate surface area is 152 Å². The number of nitrogens with two attached hydrogens (primary N) is 1. The number of carboxylic acids is 1. The molecule has 136 valence electrons. The fraction of sp³-hybridized carbons (Fsp3) is 0.250. The molecule has 0 radical (unpaired) electrons. The smallest absolute Gasteiger partial charge is 0.353 e. The third-order valence-electron chi connectivity index (χ3n) is 4.15. The van der Waals surface area contributed by atoms with Gasteiger partial charge >= 0.3 is 5.97 Å². The van der Waals surface area contributed by atoms with Gasteiger partial charge in [0.2, 0.25) is 5.91 Å². The van der Waals surface area contributed by atoms with Crippen LogP contribution in [0.2, 0.25) is 0 Å². The average molecular weight is 376 g/mol. The SMILES string of the molecule is NC(C(=O)N[C@@H]1C(=O)N2C(C(=O)O)=C(/C=N\O)CS[C@H]12)c1ccccc1. The van der Waals surface area contributed by atoms with Gasteiger partial charge in [-0.25, -0.2) is 4.79 Å². The molecule has 1 unspecified atom stereocenters. The summed E-state index contributed by atoms with van der Waals surface area (Å²) in [5.74, 6) is -2.13. The maximum Gasteiger partial charge on any atom is 0.353 e. The zero-order valence-corrected chi connectivity index (χ0v) is 14.2. The van der Waals surface area contributed by atoms with E-state index < -0.39 is 35.2 Å². The van der Waals surface area contributed by atoms with Crippen LogP contribution in [0.25, 0.3) is 0 Å². The molecule has 0 spiro atoms. The monoisotopic (exact) mass is 376 g/mol. The molecule has 5 N–H and O–H groups in total. The Kier molecular flexibility index (Phi) is 4.96. The number of aliphatic carboxylic acids is 1. The molecule has 0 aliphatic carbocycles. The summed E-state index contributed by atoms with van der Waals surface area (Å²) < 4.78 is 0. The minimum atomic E-state index is -1.30. The summed E-state index contributed by atoms with van der Waals surface area (Å²) in [7, 11) is 0. The summed E-state index contributed by atoms with van der Waals surface area (Å²) in [5, 5.41) is 22.9. The number of hydrogen-bond acceptors (Lipinski definition) is 7. The predicted molar refractivity (Wildman–Crippen MR) is 93.3 cm³/mol. The standard InChI is InChI=1S/C16H16N4O5S/c17-10(8-4-2-1-3-5-8)13(21)19-11-14(22)20-12(16(23)24)9(6-18-25)7-26-15(11)20/h1-6,10-11,15,25H,7,17H2,(H,19,21)(H,23,24)/b18-6-/t10?,11-,15-/m1/s1. The van der Waals surface area contributed by atoms with Gasteiger partial charge in [0, 0.05) is 11.3 Å². The first kappa shape index (κ1) is 18.0. The Morgan fingerprint density at radius 1 is 1.38 bits per heavy atom. The first-order valence-electron chi connectivity index (χ1n) is 7.65. The molecule has 26 heavy (non-hydrogen) atoms. The number of amides is 2. The molecule has 1 aromatic rings. The lowest BCUT2D eigenvalue weighted by atomic mass is 10.0. The van der Waals surface area contributed by atoms with Crippen LogP contribution in [0.5, 0.6) is 0 Å². The molecule has 10 heteroatoms. The summed E-state index contributed by atoms with van der Waals surface area (Å²) >= 11 is 1.27. The molecular weight excluding hydrogens is 360 g/mol. The fourth-order valence-electron chi connectivity index (χ4n) is 2.87. The van der Waals surface area contributed by atoms with Gasteiger partial charge in [0.05, 0.1) is 6.21 Å². The molecule has 0 bridgehead atoms. The third kappa shape index (κ3) is 3.04. The second kappa shape index (κ2) is 7.18. The number of carboxylic acid groups (broad SMARTS) is 1. The maximum atomic E-state index is 12.4. The van der Waals surface area contributed by atoms with Gasteiger partial charge in [-0.3, -0.25) is 14.5 Å². The predicted octanol–water partition coefficient (Wildman–Crippen LogP) is -0.115. The summed E-state index contributed by atoms with van der Waals surface area (Å²) in [6.07, 6.45) is 0.997. The summed E-state index contributed by atoms with van der Waals surface area (Å²) in [6.45, 7) is 0. The number of oxime groups is 1. The van der Waals surface area contributed by atoms with Crippen molar-refractivity contribution in [2.75, 3.05) is 5.75 Å². The highest BCUT2D eigenvalue weighted by Crippen LogP contribution is 2.40. The highest BCUT2D eigenvalue weighted by molar-refractivity contribution is 8.00. The van der Waals surface area contributed by atoms with Crippen LogP contribution >= 0.6 is 11.8 Å². The minimum absolute atomic E-state index is 0.223. The number of hydrogen-bond donors (Lipinski definition) is 4. The number of β-lactam (4-membered cyclic amide) rings is 1. The number of nitrogens with one attached hydrogen (secondary N) is 1. The van der Waals surface area contributed by atoms with Gasteiger partial charge in [0.25, 0.3) is 5.91 Å². The van der Waals surface area contributed by atoms with Gasteiger partial charge in [-0.1, -0.05) is 35.5 Å². The van der Waals surface area contributed by atoms with E-state index in [0.717, 1.165) is 11.1 Å². The highest BCUT2D eigenvalue weighted by atomic mass is 32.2. The van der Waals surface area contributed by atoms with Crippen molar-refractivity contribution in [3.8, 4) is 0 Å². The normalized spacial score (nSPS) is 23.4. The zero-order chi connectivity index (χ0) is 18.8. The van der Waals surface area contributed by atoms with E-state index in [4.69, 9.17) is 10.9 Å². The number of carbonyl (C=O) groups excluding carboxylic acids is 2. The van der Waals surface area contributed by atoms with Gasteiger partial charge in [-0.05, 0) is 5.56 Å². The van der Waals surface area contributed by atoms with Gasteiger partial charge < -0.3 is 21.4 Å². The third-order valence-corrected chi connectivity index (χ3v) is 5.46. The van der Waals surface area contributed by atoms with Gasteiger partial charge in [0.15, 0.2) is 0 Å². The number of rotatable bonds is 5. The fourth-order valence-corrected chi connectivity index (χ4v) is 4.16. The van der Waals surface area contributed by atoms with E-state index >= 15 is 0 Å². The molecule has 2 heterocycles.